The fourth-order valence-corrected chi connectivity index (χ4v) is 2.03. The molecule has 2 rings (SSSR count). The second kappa shape index (κ2) is 8.15. The molecule has 4 nitrogen and oxygen atoms in total. The zero-order valence-electron chi connectivity index (χ0n) is 11.5. The Bertz CT molecular complexity index is 347. The third kappa shape index (κ3) is 5.19. The number of rotatable bonds is 7. The van der Waals surface area contributed by atoms with Gasteiger partial charge in [-0.05, 0) is 30.5 Å². The first kappa shape index (κ1) is 14.3. The predicted octanol–water partition coefficient (Wildman–Crippen LogP) is 2.00. The van der Waals surface area contributed by atoms with Crippen LogP contribution in [0.25, 0.3) is 0 Å². The Morgan fingerprint density at radius 1 is 1.11 bits per heavy atom. The monoisotopic (exact) mass is 264 g/mol. The summed E-state index contributed by atoms with van der Waals surface area (Å²) < 4.78 is 16.3. The molecule has 1 heterocycles. The highest BCUT2D eigenvalue weighted by atomic mass is 16.5. The summed E-state index contributed by atoms with van der Waals surface area (Å²) >= 11 is 0. The van der Waals surface area contributed by atoms with Gasteiger partial charge < -0.3 is 14.2 Å². The molecule has 1 fully saturated rings. The topological polar surface area (TPSA) is 41.8 Å². The molecule has 1 aromatic carbocycles. The molecular formula is C15H22NO3. The van der Waals surface area contributed by atoms with Crippen LogP contribution >= 0.6 is 0 Å². The van der Waals surface area contributed by atoms with Gasteiger partial charge >= 0.3 is 0 Å². The maximum atomic E-state index is 5.89. The summed E-state index contributed by atoms with van der Waals surface area (Å²) in [6, 6.07) is 8.06. The van der Waals surface area contributed by atoms with Crippen LogP contribution in [0.15, 0.2) is 24.3 Å². The zero-order valence-corrected chi connectivity index (χ0v) is 11.5. The van der Waals surface area contributed by atoms with E-state index in [1.165, 1.54) is 5.56 Å². The first-order valence-corrected chi connectivity index (χ1v) is 6.84. The SMILES string of the molecule is COCCOc1ccc(COC2CC[N]CC2)cc1. The lowest BCUT2D eigenvalue weighted by molar-refractivity contribution is 0.0207. The van der Waals surface area contributed by atoms with Crippen LogP contribution in [0.5, 0.6) is 5.75 Å². The van der Waals surface area contributed by atoms with E-state index in [1.807, 2.05) is 12.1 Å². The van der Waals surface area contributed by atoms with Gasteiger partial charge in [0.25, 0.3) is 0 Å². The minimum atomic E-state index is 0.370. The largest absolute Gasteiger partial charge is 0.491 e. The smallest absolute Gasteiger partial charge is 0.119 e. The maximum Gasteiger partial charge on any atom is 0.119 e. The highest BCUT2D eigenvalue weighted by molar-refractivity contribution is 5.26. The summed E-state index contributed by atoms with van der Waals surface area (Å²) in [6.07, 6.45) is 2.48. The predicted molar refractivity (Wildman–Crippen MR) is 73.5 cm³/mol. The van der Waals surface area contributed by atoms with Crippen LogP contribution in [0.1, 0.15) is 18.4 Å². The fourth-order valence-electron chi connectivity index (χ4n) is 2.03. The average Bonchev–Trinajstić information content (AvgIpc) is 2.48. The van der Waals surface area contributed by atoms with Crippen LogP contribution < -0.4 is 10.1 Å². The Labute approximate surface area is 115 Å². The van der Waals surface area contributed by atoms with E-state index in [-0.39, 0.29) is 0 Å². The molecule has 0 spiro atoms. The van der Waals surface area contributed by atoms with Crippen molar-refractivity contribution in [2.75, 3.05) is 33.4 Å². The van der Waals surface area contributed by atoms with Crippen LogP contribution in [0, 0.1) is 0 Å². The molecule has 0 bridgehead atoms. The van der Waals surface area contributed by atoms with Crippen molar-refractivity contribution in [3.8, 4) is 5.75 Å². The lowest BCUT2D eigenvalue weighted by atomic mass is 10.1. The summed E-state index contributed by atoms with van der Waals surface area (Å²) in [6.45, 7) is 3.74. The van der Waals surface area contributed by atoms with E-state index in [1.54, 1.807) is 7.11 Å². The van der Waals surface area contributed by atoms with Crippen molar-refractivity contribution in [2.24, 2.45) is 0 Å². The van der Waals surface area contributed by atoms with Crippen molar-refractivity contribution in [1.29, 1.82) is 0 Å². The van der Waals surface area contributed by atoms with Crippen LogP contribution in [-0.4, -0.2) is 39.5 Å². The van der Waals surface area contributed by atoms with Gasteiger partial charge in [-0.1, -0.05) is 12.1 Å². The highest BCUT2D eigenvalue weighted by Crippen LogP contribution is 2.15. The van der Waals surface area contributed by atoms with Gasteiger partial charge in [-0.2, -0.15) is 0 Å². The highest BCUT2D eigenvalue weighted by Gasteiger charge is 2.13. The van der Waals surface area contributed by atoms with Gasteiger partial charge in [0.2, 0.25) is 0 Å². The molecule has 0 aromatic heterocycles. The average molecular weight is 264 g/mol. The van der Waals surface area contributed by atoms with Crippen molar-refractivity contribution in [3.63, 3.8) is 0 Å². The van der Waals surface area contributed by atoms with Crippen molar-refractivity contribution in [2.45, 2.75) is 25.6 Å². The van der Waals surface area contributed by atoms with Crippen molar-refractivity contribution in [3.05, 3.63) is 29.8 Å². The summed E-state index contributed by atoms with van der Waals surface area (Å²) in [4.78, 5) is 0. The van der Waals surface area contributed by atoms with Gasteiger partial charge in [-0.15, -0.1) is 0 Å². The Morgan fingerprint density at radius 3 is 2.53 bits per heavy atom. The van der Waals surface area contributed by atoms with Gasteiger partial charge in [0.05, 0.1) is 19.3 Å². The van der Waals surface area contributed by atoms with Crippen molar-refractivity contribution in [1.82, 2.24) is 5.32 Å². The van der Waals surface area contributed by atoms with Crippen molar-refractivity contribution < 1.29 is 14.2 Å². The maximum absolute atomic E-state index is 5.89. The molecule has 0 aliphatic carbocycles. The molecule has 0 N–H and O–H groups in total. The van der Waals surface area contributed by atoms with E-state index < -0.39 is 0 Å². The van der Waals surface area contributed by atoms with E-state index in [4.69, 9.17) is 14.2 Å². The Hall–Kier alpha value is -1.10. The van der Waals surface area contributed by atoms with Crippen LogP contribution in [-0.2, 0) is 16.1 Å². The fraction of sp³-hybridized carbons (Fsp3) is 0.600. The molecule has 1 aliphatic rings. The van der Waals surface area contributed by atoms with Gasteiger partial charge in [0.15, 0.2) is 0 Å². The zero-order chi connectivity index (χ0) is 13.3. The van der Waals surface area contributed by atoms with Gasteiger partial charge in [0.1, 0.15) is 12.4 Å². The number of hydrogen-bond donors (Lipinski definition) is 0. The third-order valence-corrected chi connectivity index (χ3v) is 3.18. The first-order valence-electron chi connectivity index (χ1n) is 6.84. The summed E-state index contributed by atoms with van der Waals surface area (Å²) in [7, 11) is 1.67. The van der Waals surface area contributed by atoms with Crippen LogP contribution in [0.3, 0.4) is 0 Å². The molecular weight excluding hydrogens is 242 g/mol. The number of nitrogens with zero attached hydrogens (tertiary/aromatic N) is 1. The molecule has 105 valence electrons. The normalized spacial score (nSPS) is 16.5. The number of hydrogen-bond acceptors (Lipinski definition) is 3. The van der Waals surface area contributed by atoms with E-state index >= 15 is 0 Å². The Kier molecular flexibility index (Phi) is 6.14. The second-order valence-corrected chi connectivity index (χ2v) is 4.67. The van der Waals surface area contributed by atoms with E-state index in [0.717, 1.165) is 31.7 Å². The molecule has 0 amide bonds. The minimum Gasteiger partial charge on any atom is -0.491 e. The van der Waals surface area contributed by atoms with E-state index in [9.17, 15) is 0 Å². The quantitative estimate of drug-likeness (QED) is 0.707. The molecule has 1 radical (unpaired) electrons. The Balaban J connectivity index is 1.71. The number of piperidine rings is 1. The molecule has 19 heavy (non-hydrogen) atoms. The molecule has 1 saturated heterocycles. The standard InChI is InChI=1S/C15H22NO3/c1-17-10-11-18-14-4-2-13(3-5-14)12-19-15-6-8-16-9-7-15/h2-5,15H,6-12H2,1H3. The number of ether oxygens (including phenoxy) is 3. The molecule has 0 atom stereocenters. The van der Waals surface area contributed by atoms with Crippen LogP contribution in [0.4, 0.5) is 0 Å². The number of benzene rings is 1. The molecule has 1 aromatic rings. The Morgan fingerprint density at radius 2 is 1.84 bits per heavy atom. The molecule has 4 heteroatoms. The number of methoxy groups -OCH3 is 1. The molecule has 0 unspecified atom stereocenters. The van der Waals surface area contributed by atoms with Crippen molar-refractivity contribution >= 4 is 0 Å². The lowest BCUT2D eigenvalue weighted by Crippen LogP contribution is -2.28. The second-order valence-electron chi connectivity index (χ2n) is 4.67. The van der Waals surface area contributed by atoms with E-state index in [2.05, 4.69) is 17.4 Å². The van der Waals surface area contributed by atoms with Gasteiger partial charge in [0, 0.05) is 20.2 Å². The minimum absolute atomic E-state index is 0.370. The lowest BCUT2D eigenvalue weighted by Gasteiger charge is -2.21. The third-order valence-electron chi connectivity index (χ3n) is 3.18. The van der Waals surface area contributed by atoms with Gasteiger partial charge in [-0.25, -0.2) is 5.32 Å². The molecule has 1 aliphatic heterocycles. The van der Waals surface area contributed by atoms with Gasteiger partial charge in [-0.3, -0.25) is 0 Å². The first-order chi connectivity index (χ1) is 9.38. The summed E-state index contributed by atoms with van der Waals surface area (Å²) in [5.74, 6) is 0.872. The van der Waals surface area contributed by atoms with E-state index in [0.29, 0.717) is 25.9 Å². The summed E-state index contributed by atoms with van der Waals surface area (Å²) in [5.41, 5.74) is 1.18. The molecule has 0 saturated carbocycles. The van der Waals surface area contributed by atoms with Crippen LogP contribution in [0.2, 0.25) is 0 Å². The summed E-state index contributed by atoms with van der Waals surface area (Å²) in [5, 5.41) is 4.32.